The number of thioether (sulfide) groups is 1. The zero-order valence-corrected chi connectivity index (χ0v) is 20.2. The molecule has 196 valence electrons. The maximum absolute atomic E-state index is 12.9. The second-order valence-electron chi connectivity index (χ2n) is 7.79. The highest BCUT2D eigenvalue weighted by molar-refractivity contribution is 7.98. The van der Waals surface area contributed by atoms with E-state index in [4.69, 9.17) is 10.8 Å². The summed E-state index contributed by atoms with van der Waals surface area (Å²) in [5.74, 6) is -4.46. The minimum atomic E-state index is -1.51. The van der Waals surface area contributed by atoms with Gasteiger partial charge in [-0.1, -0.05) is 0 Å². The molecular weight excluding hydrogens is 484 g/mol. The summed E-state index contributed by atoms with van der Waals surface area (Å²) < 4.78 is 0. The summed E-state index contributed by atoms with van der Waals surface area (Å²) in [7, 11) is 0. The lowest BCUT2D eigenvalue weighted by atomic mass is 10.1. The molecule has 9 N–H and O–H groups in total. The molecule has 0 aliphatic carbocycles. The number of aromatic nitrogens is 2. The van der Waals surface area contributed by atoms with E-state index in [1.165, 1.54) is 31.2 Å². The molecule has 5 atom stereocenters. The van der Waals surface area contributed by atoms with Crippen molar-refractivity contribution in [2.75, 3.05) is 12.0 Å². The quantitative estimate of drug-likeness (QED) is 0.117. The fourth-order valence-electron chi connectivity index (χ4n) is 2.93. The molecule has 1 heterocycles. The maximum atomic E-state index is 12.9. The van der Waals surface area contributed by atoms with Crippen LogP contribution in [0.1, 0.15) is 31.9 Å². The van der Waals surface area contributed by atoms with Crippen molar-refractivity contribution in [3.05, 3.63) is 18.2 Å². The molecule has 5 unspecified atom stereocenters. The van der Waals surface area contributed by atoms with Crippen molar-refractivity contribution in [1.29, 1.82) is 0 Å². The Kier molecular flexibility index (Phi) is 12.8. The molecule has 14 nitrogen and oxygen atoms in total. The number of amides is 3. The van der Waals surface area contributed by atoms with Gasteiger partial charge in [0.2, 0.25) is 17.7 Å². The molecular formula is C20H32N6O8S. The van der Waals surface area contributed by atoms with E-state index in [-0.39, 0.29) is 25.7 Å². The number of carboxylic acid groups (broad SMARTS) is 2. The number of rotatable bonds is 16. The molecule has 1 aromatic rings. The van der Waals surface area contributed by atoms with E-state index in [0.29, 0.717) is 11.4 Å². The average molecular weight is 517 g/mol. The highest BCUT2D eigenvalue weighted by Crippen LogP contribution is 2.06. The smallest absolute Gasteiger partial charge is 0.326 e. The number of nitrogens with one attached hydrogen (secondary N) is 4. The molecule has 0 spiro atoms. The van der Waals surface area contributed by atoms with Crippen LogP contribution in [0.4, 0.5) is 0 Å². The number of carboxylic acids is 2. The van der Waals surface area contributed by atoms with E-state index in [9.17, 15) is 34.2 Å². The summed E-state index contributed by atoms with van der Waals surface area (Å²) in [5, 5.41) is 35.3. The largest absolute Gasteiger partial charge is 0.481 e. The Morgan fingerprint density at radius 2 is 1.71 bits per heavy atom. The van der Waals surface area contributed by atoms with Gasteiger partial charge in [0.25, 0.3) is 0 Å². The average Bonchev–Trinajstić information content (AvgIpc) is 3.30. The molecule has 3 amide bonds. The van der Waals surface area contributed by atoms with Gasteiger partial charge in [-0.2, -0.15) is 11.8 Å². The van der Waals surface area contributed by atoms with Crippen molar-refractivity contribution in [3.63, 3.8) is 0 Å². The third-order valence-electron chi connectivity index (χ3n) is 4.91. The zero-order chi connectivity index (χ0) is 26.5. The van der Waals surface area contributed by atoms with Gasteiger partial charge < -0.3 is 42.0 Å². The molecule has 0 aliphatic rings. The van der Waals surface area contributed by atoms with Gasteiger partial charge in [0.1, 0.15) is 18.1 Å². The van der Waals surface area contributed by atoms with Crippen molar-refractivity contribution in [1.82, 2.24) is 25.9 Å². The predicted octanol–water partition coefficient (Wildman–Crippen LogP) is -2.18. The van der Waals surface area contributed by atoms with E-state index in [1.807, 2.05) is 0 Å². The monoisotopic (exact) mass is 516 g/mol. The van der Waals surface area contributed by atoms with Gasteiger partial charge in [-0.25, -0.2) is 9.78 Å². The standard InChI is InChI=1S/C20H32N6O8S/c1-10(27)16(19(32)25-14(20(33)34)7-11-8-22-9-23-11)26-18(31)13(5-6-35-2)24-17(30)12(21)3-4-15(28)29/h8-10,12-14,16,27H,3-7,21H2,1-2H3,(H,22,23)(H,24,30)(H,25,32)(H,26,31)(H,28,29)(H,33,34). The van der Waals surface area contributed by atoms with Gasteiger partial charge in [0.15, 0.2) is 0 Å². The number of aliphatic carboxylic acids is 2. The number of hydrogen-bond acceptors (Lipinski definition) is 9. The Hall–Kier alpha value is -3.17. The predicted molar refractivity (Wildman–Crippen MR) is 125 cm³/mol. The van der Waals surface area contributed by atoms with Crippen LogP contribution in [0, 0.1) is 0 Å². The number of nitrogens with two attached hydrogens (primary N) is 1. The SMILES string of the molecule is CSCCC(NC(=O)C(N)CCC(=O)O)C(=O)NC(C(=O)NC(Cc1cnc[nH]1)C(=O)O)C(C)O. The van der Waals surface area contributed by atoms with Gasteiger partial charge in [-0.3, -0.25) is 19.2 Å². The number of hydrogen-bond donors (Lipinski definition) is 8. The minimum Gasteiger partial charge on any atom is -0.481 e. The van der Waals surface area contributed by atoms with Crippen molar-refractivity contribution in [3.8, 4) is 0 Å². The number of carbonyl (C=O) groups is 5. The molecule has 35 heavy (non-hydrogen) atoms. The van der Waals surface area contributed by atoms with Crippen molar-refractivity contribution >= 4 is 41.4 Å². The first-order valence-electron chi connectivity index (χ1n) is 10.7. The minimum absolute atomic E-state index is 0.109. The number of carbonyl (C=O) groups excluding carboxylic acids is 3. The van der Waals surface area contributed by atoms with Crippen LogP contribution in [0.25, 0.3) is 0 Å². The third kappa shape index (κ3) is 10.7. The molecule has 0 saturated carbocycles. The second kappa shape index (κ2) is 15.0. The summed E-state index contributed by atoms with van der Waals surface area (Å²) in [6.07, 6.45) is 2.73. The Morgan fingerprint density at radius 1 is 1.06 bits per heavy atom. The van der Waals surface area contributed by atoms with Crippen LogP contribution in [-0.4, -0.2) is 97.2 Å². The molecule has 0 fully saturated rings. The molecule has 15 heteroatoms. The summed E-state index contributed by atoms with van der Waals surface area (Å²) >= 11 is 1.40. The summed E-state index contributed by atoms with van der Waals surface area (Å²) in [4.78, 5) is 66.7. The lowest BCUT2D eigenvalue weighted by molar-refractivity contribution is -0.143. The highest BCUT2D eigenvalue weighted by atomic mass is 32.2. The normalized spacial score (nSPS) is 15.2. The van der Waals surface area contributed by atoms with Gasteiger partial charge >= 0.3 is 11.9 Å². The first-order valence-corrected chi connectivity index (χ1v) is 12.1. The number of aliphatic hydroxyl groups is 1. The Bertz CT molecular complexity index is 866. The van der Waals surface area contributed by atoms with Crippen LogP contribution >= 0.6 is 11.8 Å². The molecule has 1 aromatic heterocycles. The third-order valence-corrected chi connectivity index (χ3v) is 5.55. The number of H-pyrrole nitrogens is 1. The summed E-state index contributed by atoms with van der Waals surface area (Å²) in [6.45, 7) is 1.24. The number of aromatic amines is 1. The maximum Gasteiger partial charge on any atom is 0.326 e. The first-order chi connectivity index (χ1) is 16.5. The molecule has 0 radical (unpaired) electrons. The first kappa shape index (κ1) is 29.9. The van der Waals surface area contributed by atoms with Gasteiger partial charge in [0.05, 0.1) is 18.5 Å². The number of nitrogens with zero attached hydrogens (tertiary/aromatic N) is 1. The van der Waals surface area contributed by atoms with Crippen LogP contribution in [-0.2, 0) is 30.4 Å². The van der Waals surface area contributed by atoms with E-state index < -0.39 is 59.9 Å². The van der Waals surface area contributed by atoms with E-state index in [2.05, 4.69) is 25.9 Å². The molecule has 1 rings (SSSR count). The highest BCUT2D eigenvalue weighted by Gasteiger charge is 2.32. The Labute approximate surface area is 205 Å². The van der Waals surface area contributed by atoms with Crippen molar-refractivity contribution < 1.29 is 39.3 Å². The Balaban J connectivity index is 2.89. The zero-order valence-electron chi connectivity index (χ0n) is 19.4. The topological polar surface area (TPSA) is 237 Å². The lowest BCUT2D eigenvalue weighted by Crippen LogP contribution is -2.60. The summed E-state index contributed by atoms with van der Waals surface area (Å²) in [6, 6.07) is -5.16. The fraction of sp³-hybridized carbons (Fsp3) is 0.600. The summed E-state index contributed by atoms with van der Waals surface area (Å²) in [5.41, 5.74) is 6.15. The van der Waals surface area contributed by atoms with Gasteiger partial charge in [0, 0.05) is 24.7 Å². The second-order valence-corrected chi connectivity index (χ2v) is 8.77. The molecule has 0 aromatic carbocycles. The van der Waals surface area contributed by atoms with Crippen LogP contribution in [0.2, 0.25) is 0 Å². The molecule has 0 saturated heterocycles. The van der Waals surface area contributed by atoms with Crippen LogP contribution in [0.15, 0.2) is 12.5 Å². The molecule has 0 aliphatic heterocycles. The van der Waals surface area contributed by atoms with Crippen LogP contribution in [0.3, 0.4) is 0 Å². The number of aliphatic hydroxyl groups excluding tert-OH is 1. The van der Waals surface area contributed by atoms with Crippen molar-refractivity contribution in [2.45, 2.75) is 62.9 Å². The molecule has 0 bridgehead atoms. The van der Waals surface area contributed by atoms with Crippen LogP contribution in [0.5, 0.6) is 0 Å². The fourth-order valence-corrected chi connectivity index (χ4v) is 3.40. The van der Waals surface area contributed by atoms with E-state index in [1.54, 1.807) is 6.26 Å². The lowest BCUT2D eigenvalue weighted by Gasteiger charge is -2.26. The van der Waals surface area contributed by atoms with Crippen molar-refractivity contribution in [2.24, 2.45) is 5.73 Å². The Morgan fingerprint density at radius 3 is 2.23 bits per heavy atom. The van der Waals surface area contributed by atoms with E-state index in [0.717, 1.165) is 0 Å². The van der Waals surface area contributed by atoms with Gasteiger partial charge in [-0.05, 0) is 31.8 Å². The van der Waals surface area contributed by atoms with Gasteiger partial charge in [-0.15, -0.1) is 0 Å². The van der Waals surface area contributed by atoms with E-state index >= 15 is 0 Å². The van der Waals surface area contributed by atoms with Crippen LogP contribution < -0.4 is 21.7 Å². The number of imidazole rings is 1.